The van der Waals surface area contributed by atoms with Crippen LogP contribution in [0.3, 0.4) is 0 Å². The summed E-state index contributed by atoms with van der Waals surface area (Å²) in [4.78, 5) is 18.4. The standard InChI is InChI=1S/C15H20N2OS2/c1-15(2,3)7-8-17-13(18)11-9-5-4-6-10(9)20-12(11)16-14(17)19/h4-8H2,1-3H3,(H,16,19). The van der Waals surface area contributed by atoms with Gasteiger partial charge in [0.1, 0.15) is 4.83 Å². The molecule has 0 spiro atoms. The minimum atomic E-state index is 0.104. The Morgan fingerprint density at radius 2 is 2.10 bits per heavy atom. The summed E-state index contributed by atoms with van der Waals surface area (Å²) in [7, 11) is 0. The number of rotatable bonds is 2. The molecule has 0 unspecified atom stereocenters. The Morgan fingerprint density at radius 1 is 1.35 bits per heavy atom. The van der Waals surface area contributed by atoms with Gasteiger partial charge in [-0.3, -0.25) is 9.36 Å². The Hall–Kier alpha value is -0.940. The minimum Gasteiger partial charge on any atom is -0.323 e. The lowest BCUT2D eigenvalue weighted by atomic mass is 9.92. The SMILES string of the molecule is CC(C)(C)CCn1c(=S)[nH]c2sc3c(c2c1=O)CCC3. The van der Waals surface area contributed by atoms with Crippen LogP contribution in [0.4, 0.5) is 0 Å². The minimum absolute atomic E-state index is 0.104. The lowest BCUT2D eigenvalue weighted by Gasteiger charge is -2.18. The first-order valence-corrected chi connectivity index (χ1v) is 8.37. The largest absolute Gasteiger partial charge is 0.323 e. The van der Waals surface area contributed by atoms with Gasteiger partial charge in [0.15, 0.2) is 4.77 Å². The fourth-order valence-corrected chi connectivity index (χ4v) is 4.38. The number of nitrogens with one attached hydrogen (secondary N) is 1. The van der Waals surface area contributed by atoms with Crippen molar-refractivity contribution in [2.75, 3.05) is 0 Å². The van der Waals surface area contributed by atoms with Crippen LogP contribution in [0.2, 0.25) is 0 Å². The highest BCUT2D eigenvalue weighted by atomic mass is 32.1. The number of fused-ring (bicyclic) bond motifs is 3. The molecule has 3 nitrogen and oxygen atoms in total. The normalized spacial score (nSPS) is 14.9. The van der Waals surface area contributed by atoms with E-state index in [4.69, 9.17) is 12.2 Å². The first-order valence-electron chi connectivity index (χ1n) is 7.14. The van der Waals surface area contributed by atoms with Gasteiger partial charge in [0.25, 0.3) is 5.56 Å². The van der Waals surface area contributed by atoms with Crippen molar-refractivity contribution >= 4 is 33.8 Å². The van der Waals surface area contributed by atoms with Crippen LogP contribution in [-0.4, -0.2) is 9.55 Å². The van der Waals surface area contributed by atoms with Crippen molar-refractivity contribution in [1.82, 2.24) is 9.55 Å². The van der Waals surface area contributed by atoms with E-state index in [-0.39, 0.29) is 11.0 Å². The van der Waals surface area contributed by atoms with Gasteiger partial charge in [-0.2, -0.15) is 0 Å². The molecule has 0 bridgehead atoms. The lowest BCUT2D eigenvalue weighted by Crippen LogP contribution is -2.24. The maximum atomic E-state index is 12.8. The summed E-state index contributed by atoms with van der Waals surface area (Å²) in [6.45, 7) is 7.25. The van der Waals surface area contributed by atoms with E-state index in [1.54, 1.807) is 15.9 Å². The van der Waals surface area contributed by atoms with Crippen LogP contribution in [0.5, 0.6) is 0 Å². The van der Waals surface area contributed by atoms with Gasteiger partial charge in [0.2, 0.25) is 0 Å². The molecular weight excluding hydrogens is 288 g/mol. The topological polar surface area (TPSA) is 37.8 Å². The van der Waals surface area contributed by atoms with E-state index in [1.165, 1.54) is 16.9 Å². The van der Waals surface area contributed by atoms with Crippen molar-refractivity contribution in [3.05, 3.63) is 25.6 Å². The van der Waals surface area contributed by atoms with E-state index in [2.05, 4.69) is 25.8 Å². The third-order valence-corrected chi connectivity index (χ3v) is 5.46. The molecule has 1 N–H and O–H groups in total. The smallest absolute Gasteiger partial charge is 0.263 e. The van der Waals surface area contributed by atoms with Crippen LogP contribution >= 0.6 is 23.6 Å². The molecule has 108 valence electrons. The Balaban J connectivity index is 2.13. The van der Waals surface area contributed by atoms with Gasteiger partial charge >= 0.3 is 0 Å². The van der Waals surface area contributed by atoms with Gasteiger partial charge in [-0.1, -0.05) is 20.8 Å². The Labute approximate surface area is 127 Å². The van der Waals surface area contributed by atoms with Crippen molar-refractivity contribution in [1.29, 1.82) is 0 Å². The predicted molar refractivity (Wildman–Crippen MR) is 87.4 cm³/mol. The second kappa shape index (κ2) is 4.81. The third kappa shape index (κ3) is 2.37. The van der Waals surface area contributed by atoms with Crippen LogP contribution in [0, 0.1) is 10.2 Å². The highest BCUT2D eigenvalue weighted by molar-refractivity contribution is 7.71. The second-order valence-corrected chi connectivity index (χ2v) is 8.25. The van der Waals surface area contributed by atoms with Crippen LogP contribution in [0.1, 0.15) is 44.1 Å². The van der Waals surface area contributed by atoms with Crippen molar-refractivity contribution in [3.63, 3.8) is 0 Å². The molecular formula is C15H20N2OS2. The summed E-state index contributed by atoms with van der Waals surface area (Å²) in [5.41, 5.74) is 1.57. The summed E-state index contributed by atoms with van der Waals surface area (Å²) in [6.07, 6.45) is 4.27. The van der Waals surface area contributed by atoms with Crippen molar-refractivity contribution in [2.45, 2.75) is 53.0 Å². The molecule has 0 aliphatic heterocycles. The number of aryl methyl sites for hydroxylation is 2. The zero-order valence-electron chi connectivity index (χ0n) is 12.2. The van der Waals surface area contributed by atoms with Gasteiger partial charge in [-0.25, -0.2) is 0 Å². The van der Waals surface area contributed by atoms with Crippen LogP contribution in [0.15, 0.2) is 4.79 Å². The molecule has 0 saturated carbocycles. The summed E-state index contributed by atoms with van der Waals surface area (Å²) in [6, 6.07) is 0. The number of nitrogens with zero attached hydrogens (tertiary/aromatic N) is 1. The summed E-state index contributed by atoms with van der Waals surface area (Å²) < 4.78 is 2.31. The monoisotopic (exact) mass is 308 g/mol. The molecule has 1 aliphatic rings. The van der Waals surface area contributed by atoms with E-state index in [9.17, 15) is 4.79 Å². The van der Waals surface area contributed by atoms with E-state index in [1.807, 2.05) is 0 Å². The molecule has 0 aromatic carbocycles. The molecule has 0 saturated heterocycles. The summed E-state index contributed by atoms with van der Waals surface area (Å²) >= 11 is 7.09. The fraction of sp³-hybridized carbons (Fsp3) is 0.600. The molecule has 20 heavy (non-hydrogen) atoms. The summed E-state index contributed by atoms with van der Waals surface area (Å²) in [5, 5.41) is 0.894. The van der Waals surface area contributed by atoms with Gasteiger partial charge in [0.05, 0.1) is 5.39 Å². The van der Waals surface area contributed by atoms with Gasteiger partial charge < -0.3 is 4.98 Å². The zero-order chi connectivity index (χ0) is 14.5. The summed E-state index contributed by atoms with van der Waals surface area (Å²) in [5.74, 6) is 0. The molecule has 0 radical (unpaired) electrons. The van der Waals surface area contributed by atoms with Crippen LogP contribution in [0.25, 0.3) is 10.2 Å². The van der Waals surface area contributed by atoms with Crippen LogP contribution < -0.4 is 5.56 Å². The molecule has 0 atom stereocenters. The Bertz CT molecular complexity index is 774. The number of aromatic nitrogens is 2. The van der Waals surface area contributed by atoms with Gasteiger partial charge in [-0.15, -0.1) is 11.3 Å². The molecule has 2 heterocycles. The maximum absolute atomic E-state index is 12.8. The first kappa shape index (κ1) is 14.0. The van der Waals surface area contributed by atoms with Gasteiger partial charge in [-0.05, 0) is 48.9 Å². The fourth-order valence-electron chi connectivity index (χ4n) is 2.76. The lowest BCUT2D eigenvalue weighted by molar-refractivity contribution is 0.346. The van der Waals surface area contributed by atoms with Crippen molar-refractivity contribution in [2.24, 2.45) is 5.41 Å². The first-order chi connectivity index (χ1) is 9.37. The highest BCUT2D eigenvalue weighted by Crippen LogP contribution is 2.34. The number of hydrogen-bond donors (Lipinski definition) is 1. The highest BCUT2D eigenvalue weighted by Gasteiger charge is 2.21. The van der Waals surface area contributed by atoms with Crippen molar-refractivity contribution < 1.29 is 0 Å². The average Bonchev–Trinajstić information content (AvgIpc) is 2.86. The zero-order valence-corrected chi connectivity index (χ0v) is 13.8. The third-order valence-electron chi connectivity index (χ3n) is 3.93. The molecule has 1 aliphatic carbocycles. The molecule has 0 fully saturated rings. The molecule has 5 heteroatoms. The van der Waals surface area contributed by atoms with E-state index >= 15 is 0 Å². The maximum Gasteiger partial charge on any atom is 0.263 e. The molecule has 2 aromatic heterocycles. The number of H-pyrrole nitrogens is 1. The van der Waals surface area contributed by atoms with E-state index in [0.29, 0.717) is 11.3 Å². The molecule has 2 aromatic rings. The van der Waals surface area contributed by atoms with E-state index in [0.717, 1.165) is 29.5 Å². The van der Waals surface area contributed by atoms with Gasteiger partial charge in [0, 0.05) is 11.4 Å². The number of thiophene rings is 1. The number of aromatic amines is 1. The number of hydrogen-bond acceptors (Lipinski definition) is 3. The van der Waals surface area contributed by atoms with Crippen LogP contribution in [-0.2, 0) is 19.4 Å². The Kier molecular flexibility index (Phi) is 3.37. The second-order valence-electron chi connectivity index (χ2n) is 6.76. The predicted octanol–water partition coefficient (Wildman–Crippen LogP) is 4.05. The Morgan fingerprint density at radius 3 is 2.80 bits per heavy atom. The van der Waals surface area contributed by atoms with E-state index < -0.39 is 0 Å². The quantitative estimate of drug-likeness (QED) is 0.850. The molecule has 0 amide bonds. The van der Waals surface area contributed by atoms with Crippen molar-refractivity contribution in [3.8, 4) is 0 Å². The molecule has 3 rings (SSSR count). The average molecular weight is 308 g/mol.